The van der Waals surface area contributed by atoms with Crippen molar-refractivity contribution in [3.8, 4) is 34.7 Å². The molecule has 7 nitrogen and oxygen atoms in total. The van der Waals surface area contributed by atoms with Crippen LogP contribution in [0.2, 0.25) is 0 Å². The third-order valence-electron chi connectivity index (χ3n) is 5.07. The summed E-state index contributed by atoms with van der Waals surface area (Å²) in [7, 11) is 0. The molecule has 0 atom stereocenters. The standard InChI is InChI=1S/C21H19N3O2.C4H11NOS/c1-13(2)25-19-10-9-15(11-16(19)12-22)21-23-20(24-26-21)18-8-4-6-14-5-3-7-17(14)18;1-2-6-3-4-7-5/h4,6,8-11,13H,3,5,7H2,1-2H3;2-5H2,1H3. The number of aryl methyl sites for hydroxylation is 1. The number of hydrogen-bond donors (Lipinski definition) is 1. The van der Waals surface area contributed by atoms with Gasteiger partial charge in [-0.25, -0.2) is 0 Å². The number of aromatic nitrogens is 2. The zero-order valence-corrected chi connectivity index (χ0v) is 20.2. The molecule has 4 rings (SSSR count). The van der Waals surface area contributed by atoms with Crippen LogP contribution in [-0.2, 0) is 17.6 Å². The van der Waals surface area contributed by atoms with E-state index in [4.69, 9.17) is 19.1 Å². The second kappa shape index (κ2) is 12.4. The third kappa shape index (κ3) is 6.57. The van der Waals surface area contributed by atoms with Gasteiger partial charge in [-0.15, -0.1) is 0 Å². The lowest BCUT2D eigenvalue weighted by Gasteiger charge is -2.11. The Balaban J connectivity index is 0.000000383. The molecule has 3 aromatic rings. The highest BCUT2D eigenvalue weighted by Gasteiger charge is 2.20. The molecule has 1 aliphatic rings. The van der Waals surface area contributed by atoms with Crippen LogP contribution in [0.1, 0.15) is 43.9 Å². The average molecular weight is 467 g/mol. The van der Waals surface area contributed by atoms with Crippen molar-refractivity contribution < 1.29 is 14.0 Å². The minimum Gasteiger partial charge on any atom is -0.490 e. The maximum atomic E-state index is 9.40. The molecule has 0 amide bonds. The highest BCUT2D eigenvalue weighted by Crippen LogP contribution is 2.32. The first-order valence-corrected chi connectivity index (χ1v) is 12.2. The Bertz CT molecular complexity index is 1090. The summed E-state index contributed by atoms with van der Waals surface area (Å²) in [6, 6.07) is 13.8. The zero-order chi connectivity index (χ0) is 23.6. The number of nitriles is 1. The van der Waals surface area contributed by atoms with E-state index in [1.54, 1.807) is 12.1 Å². The largest absolute Gasteiger partial charge is 0.490 e. The number of nitrogens with zero attached hydrogens (tertiary/aromatic N) is 3. The molecule has 2 N–H and O–H groups in total. The topological polar surface area (TPSA) is 107 Å². The monoisotopic (exact) mass is 466 g/mol. The van der Waals surface area contributed by atoms with Crippen LogP contribution in [0.4, 0.5) is 0 Å². The molecule has 0 aliphatic heterocycles. The molecule has 0 spiro atoms. The fourth-order valence-corrected chi connectivity index (χ4v) is 3.85. The number of ether oxygens (including phenoxy) is 2. The first-order valence-electron chi connectivity index (χ1n) is 11.1. The Hall–Kier alpha value is -2.86. The average Bonchev–Trinajstić information content (AvgIpc) is 3.49. The smallest absolute Gasteiger partial charge is 0.258 e. The summed E-state index contributed by atoms with van der Waals surface area (Å²) >= 11 is 1.32. The Kier molecular flexibility index (Phi) is 9.31. The van der Waals surface area contributed by atoms with E-state index in [0.717, 1.165) is 37.4 Å². The summed E-state index contributed by atoms with van der Waals surface area (Å²) in [5.41, 5.74) is 4.89. The molecule has 8 heteroatoms. The fraction of sp³-hybridized carbons (Fsp3) is 0.400. The molecule has 0 bridgehead atoms. The first-order chi connectivity index (χ1) is 16.1. The first kappa shape index (κ1) is 24.8. The molecule has 2 aromatic carbocycles. The third-order valence-corrected chi connectivity index (χ3v) is 5.47. The quantitative estimate of drug-likeness (QED) is 0.357. The van der Waals surface area contributed by atoms with Crippen molar-refractivity contribution in [1.29, 1.82) is 5.26 Å². The normalized spacial score (nSPS) is 12.1. The van der Waals surface area contributed by atoms with Crippen molar-refractivity contribution in [1.82, 2.24) is 10.1 Å². The van der Waals surface area contributed by atoms with E-state index < -0.39 is 0 Å². The molecule has 0 unspecified atom stereocenters. The van der Waals surface area contributed by atoms with Crippen molar-refractivity contribution >= 4 is 11.9 Å². The molecule has 1 aliphatic carbocycles. The van der Waals surface area contributed by atoms with Crippen molar-refractivity contribution in [2.45, 2.75) is 46.1 Å². The number of hydrogen-bond acceptors (Lipinski definition) is 8. The molecule has 174 valence electrons. The second-order valence-corrected chi connectivity index (χ2v) is 8.52. The van der Waals surface area contributed by atoms with E-state index in [1.165, 1.54) is 29.5 Å². The van der Waals surface area contributed by atoms with Crippen molar-refractivity contribution in [2.24, 2.45) is 5.14 Å². The molecule has 0 saturated heterocycles. The number of benzene rings is 2. The van der Waals surface area contributed by atoms with Gasteiger partial charge in [0.2, 0.25) is 5.82 Å². The van der Waals surface area contributed by atoms with Crippen LogP contribution in [0, 0.1) is 11.3 Å². The Morgan fingerprint density at radius 3 is 2.82 bits per heavy atom. The van der Waals surface area contributed by atoms with Gasteiger partial charge in [0.15, 0.2) is 0 Å². The summed E-state index contributed by atoms with van der Waals surface area (Å²) < 4.78 is 16.1. The SMILES string of the molecule is CC(C)Oc1ccc(-c2nc(-c3cccc4c3CCC4)no2)cc1C#N.CCOCCSN. The van der Waals surface area contributed by atoms with Gasteiger partial charge in [-0.3, -0.25) is 5.14 Å². The van der Waals surface area contributed by atoms with Crippen LogP contribution in [0.25, 0.3) is 22.8 Å². The van der Waals surface area contributed by atoms with Crippen LogP contribution in [-0.4, -0.2) is 35.2 Å². The minimum absolute atomic E-state index is 0.00290. The maximum Gasteiger partial charge on any atom is 0.258 e. The van der Waals surface area contributed by atoms with Gasteiger partial charge in [0.1, 0.15) is 11.8 Å². The highest BCUT2D eigenvalue weighted by molar-refractivity contribution is 7.97. The van der Waals surface area contributed by atoms with Crippen molar-refractivity contribution in [2.75, 3.05) is 19.0 Å². The van der Waals surface area contributed by atoms with Crippen LogP contribution < -0.4 is 9.88 Å². The summed E-state index contributed by atoms with van der Waals surface area (Å²) in [4.78, 5) is 4.57. The van der Waals surface area contributed by atoms with Gasteiger partial charge in [-0.2, -0.15) is 10.2 Å². The summed E-state index contributed by atoms with van der Waals surface area (Å²) in [6.07, 6.45) is 3.33. The van der Waals surface area contributed by atoms with E-state index >= 15 is 0 Å². The molecule has 33 heavy (non-hydrogen) atoms. The van der Waals surface area contributed by atoms with E-state index in [2.05, 4.69) is 22.3 Å². The number of fused-ring (bicyclic) bond motifs is 1. The Labute approximate surface area is 199 Å². The van der Waals surface area contributed by atoms with Crippen LogP contribution >= 0.6 is 11.9 Å². The fourth-order valence-electron chi connectivity index (χ4n) is 3.64. The predicted molar refractivity (Wildman–Crippen MR) is 131 cm³/mol. The number of nitrogens with two attached hydrogens (primary N) is 1. The number of rotatable bonds is 8. The lowest BCUT2D eigenvalue weighted by atomic mass is 10.0. The molecule has 1 aromatic heterocycles. The zero-order valence-electron chi connectivity index (χ0n) is 19.3. The Morgan fingerprint density at radius 2 is 2.09 bits per heavy atom. The maximum absolute atomic E-state index is 9.40. The van der Waals surface area contributed by atoms with Crippen molar-refractivity contribution in [3.63, 3.8) is 0 Å². The van der Waals surface area contributed by atoms with Crippen LogP contribution in [0.5, 0.6) is 5.75 Å². The van der Waals surface area contributed by atoms with Gasteiger partial charge in [0.25, 0.3) is 5.89 Å². The summed E-state index contributed by atoms with van der Waals surface area (Å²) in [5.74, 6) is 2.46. The molecule has 0 fully saturated rings. The van der Waals surface area contributed by atoms with Crippen LogP contribution in [0.15, 0.2) is 40.9 Å². The van der Waals surface area contributed by atoms with E-state index in [9.17, 15) is 5.26 Å². The van der Waals surface area contributed by atoms with Gasteiger partial charge in [0, 0.05) is 23.5 Å². The van der Waals surface area contributed by atoms with Gasteiger partial charge < -0.3 is 14.0 Å². The Morgan fingerprint density at radius 1 is 1.24 bits per heavy atom. The summed E-state index contributed by atoms with van der Waals surface area (Å²) in [5, 5.41) is 18.7. The lowest BCUT2D eigenvalue weighted by molar-refractivity contribution is 0.164. The minimum atomic E-state index is 0.00290. The molecular weight excluding hydrogens is 436 g/mol. The van der Waals surface area contributed by atoms with Crippen LogP contribution in [0.3, 0.4) is 0 Å². The van der Waals surface area contributed by atoms with E-state index in [1.807, 2.05) is 39.0 Å². The predicted octanol–water partition coefficient (Wildman–Crippen LogP) is 5.18. The lowest BCUT2D eigenvalue weighted by Crippen LogP contribution is -2.06. The van der Waals surface area contributed by atoms with Gasteiger partial charge in [0.05, 0.1) is 18.3 Å². The van der Waals surface area contributed by atoms with E-state index in [0.29, 0.717) is 28.6 Å². The molecular formula is C25H30N4O3S. The second-order valence-electron chi connectivity index (χ2n) is 7.78. The molecule has 0 radical (unpaired) electrons. The summed E-state index contributed by atoms with van der Waals surface area (Å²) in [6.45, 7) is 7.40. The molecule has 1 heterocycles. The van der Waals surface area contributed by atoms with Gasteiger partial charge in [-0.1, -0.05) is 35.3 Å². The van der Waals surface area contributed by atoms with E-state index in [-0.39, 0.29) is 6.10 Å². The van der Waals surface area contributed by atoms with Gasteiger partial charge >= 0.3 is 0 Å². The van der Waals surface area contributed by atoms with Crippen molar-refractivity contribution in [3.05, 3.63) is 53.1 Å². The highest BCUT2D eigenvalue weighted by atomic mass is 32.2. The molecule has 0 saturated carbocycles. The van der Waals surface area contributed by atoms with Gasteiger partial charge in [-0.05, 0) is 69.4 Å².